The van der Waals surface area contributed by atoms with E-state index in [2.05, 4.69) is 18.7 Å². The van der Waals surface area contributed by atoms with E-state index in [9.17, 15) is 12.8 Å². The molecule has 0 N–H and O–H groups in total. The van der Waals surface area contributed by atoms with Gasteiger partial charge in [-0.15, -0.1) is 0 Å². The van der Waals surface area contributed by atoms with Gasteiger partial charge in [0.2, 0.25) is 10.0 Å². The Morgan fingerprint density at radius 2 is 1.66 bits per heavy atom. The molecule has 0 amide bonds. The van der Waals surface area contributed by atoms with Gasteiger partial charge in [-0.1, -0.05) is 32.8 Å². The van der Waals surface area contributed by atoms with Crippen LogP contribution in [0, 0.1) is 5.82 Å². The average Bonchev–Trinajstić information content (AvgIpc) is 3.36. The molecule has 1 aliphatic rings. The van der Waals surface area contributed by atoms with Crippen LogP contribution in [0.2, 0.25) is 0 Å². The second-order valence-electron chi connectivity index (χ2n) is 9.54. The summed E-state index contributed by atoms with van der Waals surface area (Å²) in [5.41, 5.74) is 1.67. The fourth-order valence-electron chi connectivity index (χ4n) is 4.40. The van der Waals surface area contributed by atoms with Gasteiger partial charge in [-0.3, -0.25) is 0 Å². The molecule has 0 aliphatic carbocycles. The quantitative estimate of drug-likeness (QED) is 0.341. The van der Waals surface area contributed by atoms with E-state index in [4.69, 9.17) is 4.74 Å². The van der Waals surface area contributed by atoms with Crippen LogP contribution in [0.3, 0.4) is 0 Å². The summed E-state index contributed by atoms with van der Waals surface area (Å²) in [5, 5.41) is 0. The second-order valence-corrected chi connectivity index (χ2v) is 11.5. The average molecular weight is 506 g/mol. The van der Waals surface area contributed by atoms with Crippen LogP contribution in [-0.4, -0.2) is 57.9 Å². The highest BCUT2D eigenvalue weighted by Crippen LogP contribution is 2.42. The van der Waals surface area contributed by atoms with Crippen LogP contribution < -0.4 is 9.64 Å². The van der Waals surface area contributed by atoms with Crippen LogP contribution in [0.5, 0.6) is 11.5 Å². The molecule has 2 aromatic rings. The maximum Gasteiger partial charge on any atom is 0.246 e. The molecule has 1 fully saturated rings. The SMILES string of the molecule is CCCCN(CCCC)c1cc(CN(C)C)cc(S(=O)(=O)N2CCCC2)c1Oc1cccc(F)c1. The third-order valence-corrected chi connectivity index (χ3v) is 8.10. The van der Waals surface area contributed by atoms with Crippen molar-refractivity contribution in [3.63, 3.8) is 0 Å². The molecule has 0 spiro atoms. The van der Waals surface area contributed by atoms with Gasteiger partial charge in [-0.2, -0.15) is 4.31 Å². The highest BCUT2D eigenvalue weighted by atomic mass is 32.2. The van der Waals surface area contributed by atoms with Gasteiger partial charge in [-0.05, 0) is 69.6 Å². The summed E-state index contributed by atoms with van der Waals surface area (Å²) >= 11 is 0. The number of unbranched alkanes of at least 4 members (excludes halogenated alkanes) is 2. The number of anilines is 1. The van der Waals surface area contributed by atoms with Crippen molar-refractivity contribution >= 4 is 15.7 Å². The van der Waals surface area contributed by atoms with Gasteiger partial charge in [0, 0.05) is 38.8 Å². The molecule has 0 atom stereocenters. The lowest BCUT2D eigenvalue weighted by molar-refractivity contribution is 0.400. The summed E-state index contributed by atoms with van der Waals surface area (Å²) in [6.07, 6.45) is 5.72. The van der Waals surface area contributed by atoms with Crippen molar-refractivity contribution in [2.75, 3.05) is 45.2 Å². The summed E-state index contributed by atoms with van der Waals surface area (Å²) < 4.78 is 49.6. The first-order valence-corrected chi connectivity index (χ1v) is 14.2. The van der Waals surface area contributed by atoms with Crippen LogP contribution in [0.1, 0.15) is 57.9 Å². The maximum absolute atomic E-state index is 14.0. The minimum Gasteiger partial charge on any atom is -0.454 e. The molecule has 1 aliphatic heterocycles. The number of nitrogens with zero attached hydrogens (tertiary/aromatic N) is 3. The zero-order chi connectivity index (χ0) is 25.4. The third-order valence-electron chi connectivity index (χ3n) is 6.20. The minimum absolute atomic E-state index is 0.163. The Kier molecular flexibility index (Phi) is 9.95. The molecule has 194 valence electrons. The Morgan fingerprint density at radius 3 is 2.23 bits per heavy atom. The van der Waals surface area contributed by atoms with Crippen molar-refractivity contribution in [2.24, 2.45) is 0 Å². The van der Waals surface area contributed by atoms with Crippen molar-refractivity contribution in [1.29, 1.82) is 0 Å². The van der Waals surface area contributed by atoms with Gasteiger partial charge in [0.05, 0.1) is 5.69 Å². The van der Waals surface area contributed by atoms with E-state index in [0.29, 0.717) is 19.6 Å². The van der Waals surface area contributed by atoms with Gasteiger partial charge in [0.25, 0.3) is 0 Å². The van der Waals surface area contributed by atoms with Crippen LogP contribution in [0.25, 0.3) is 0 Å². The molecule has 0 aromatic heterocycles. The molecular formula is C27H40FN3O3S. The van der Waals surface area contributed by atoms with Crippen molar-refractivity contribution in [1.82, 2.24) is 9.21 Å². The Labute approximate surface area is 210 Å². The largest absolute Gasteiger partial charge is 0.454 e. The second kappa shape index (κ2) is 12.7. The Bertz CT molecular complexity index is 1060. The molecule has 8 heteroatoms. The van der Waals surface area contributed by atoms with E-state index in [-0.39, 0.29) is 16.4 Å². The Balaban J connectivity index is 2.23. The van der Waals surface area contributed by atoms with Gasteiger partial charge >= 0.3 is 0 Å². The lowest BCUT2D eigenvalue weighted by Gasteiger charge is -2.30. The first-order valence-electron chi connectivity index (χ1n) is 12.8. The van der Waals surface area contributed by atoms with E-state index >= 15 is 0 Å². The summed E-state index contributed by atoms with van der Waals surface area (Å²) in [6.45, 7) is 7.50. The van der Waals surface area contributed by atoms with Gasteiger partial charge < -0.3 is 14.5 Å². The summed E-state index contributed by atoms with van der Waals surface area (Å²) in [6, 6.07) is 9.67. The van der Waals surface area contributed by atoms with E-state index in [0.717, 1.165) is 62.9 Å². The minimum atomic E-state index is -3.79. The van der Waals surface area contributed by atoms with E-state index in [1.54, 1.807) is 22.5 Å². The third kappa shape index (κ3) is 7.18. The number of hydrogen-bond donors (Lipinski definition) is 0. The predicted octanol–water partition coefficient (Wildman–Crippen LogP) is 5.87. The van der Waals surface area contributed by atoms with Gasteiger partial charge in [0.1, 0.15) is 16.5 Å². The van der Waals surface area contributed by atoms with Crippen LogP contribution in [-0.2, 0) is 16.6 Å². The first-order chi connectivity index (χ1) is 16.8. The number of sulfonamides is 1. The van der Waals surface area contributed by atoms with E-state index in [1.165, 1.54) is 12.1 Å². The zero-order valence-electron chi connectivity index (χ0n) is 21.6. The molecule has 6 nitrogen and oxygen atoms in total. The molecule has 0 bridgehead atoms. The molecule has 35 heavy (non-hydrogen) atoms. The first kappa shape index (κ1) is 27.4. The molecule has 1 heterocycles. The molecule has 0 unspecified atom stereocenters. The number of benzene rings is 2. The number of halogens is 1. The lowest BCUT2D eigenvalue weighted by atomic mass is 10.1. The van der Waals surface area contributed by atoms with Gasteiger partial charge in [0.15, 0.2) is 5.75 Å². The van der Waals surface area contributed by atoms with Gasteiger partial charge in [-0.25, -0.2) is 12.8 Å². The normalized spacial score (nSPS) is 14.6. The lowest BCUT2D eigenvalue weighted by Crippen LogP contribution is -2.30. The molecular weight excluding hydrogens is 465 g/mol. The van der Waals surface area contributed by atoms with E-state index < -0.39 is 15.8 Å². The zero-order valence-corrected chi connectivity index (χ0v) is 22.4. The van der Waals surface area contributed by atoms with Crippen molar-refractivity contribution in [3.05, 3.63) is 47.8 Å². The number of hydrogen-bond acceptors (Lipinski definition) is 5. The molecule has 3 rings (SSSR count). The van der Waals surface area contributed by atoms with Crippen molar-refractivity contribution in [2.45, 2.75) is 63.8 Å². The van der Waals surface area contributed by atoms with E-state index in [1.807, 2.05) is 25.1 Å². The van der Waals surface area contributed by atoms with Crippen molar-refractivity contribution < 1.29 is 17.5 Å². The molecule has 1 saturated heterocycles. The smallest absolute Gasteiger partial charge is 0.246 e. The monoisotopic (exact) mass is 505 g/mol. The van der Waals surface area contributed by atoms with Crippen LogP contribution in [0.15, 0.2) is 41.3 Å². The highest BCUT2D eigenvalue weighted by Gasteiger charge is 2.33. The topological polar surface area (TPSA) is 53.1 Å². The Hall–Kier alpha value is -2.16. The molecule has 0 radical (unpaired) electrons. The number of rotatable bonds is 13. The van der Waals surface area contributed by atoms with Crippen LogP contribution in [0.4, 0.5) is 10.1 Å². The number of ether oxygens (including phenoxy) is 1. The molecule has 2 aromatic carbocycles. The van der Waals surface area contributed by atoms with Crippen molar-refractivity contribution in [3.8, 4) is 11.5 Å². The maximum atomic E-state index is 14.0. The summed E-state index contributed by atoms with van der Waals surface area (Å²) in [7, 11) is 0.154. The fraction of sp³-hybridized carbons (Fsp3) is 0.556. The fourth-order valence-corrected chi connectivity index (χ4v) is 6.09. The Morgan fingerprint density at radius 1 is 1.00 bits per heavy atom. The molecule has 0 saturated carbocycles. The standard InChI is InChI=1S/C27H40FN3O3S/c1-5-7-14-30(15-8-6-2)25-18-22(21-29(3)4)19-26(35(32,33)31-16-9-10-17-31)27(25)34-24-13-11-12-23(28)20-24/h11-13,18-20H,5-10,14-17,21H2,1-4H3. The predicted molar refractivity (Wildman–Crippen MR) is 140 cm³/mol. The van der Waals surface area contributed by atoms with Crippen LogP contribution >= 0.6 is 0 Å². The summed E-state index contributed by atoms with van der Waals surface area (Å²) in [4.78, 5) is 4.43. The highest BCUT2D eigenvalue weighted by molar-refractivity contribution is 7.89. The summed E-state index contributed by atoms with van der Waals surface area (Å²) in [5.74, 6) is 0.152.